The van der Waals surface area contributed by atoms with Crippen LogP contribution in [0.15, 0.2) is 48.5 Å². The Morgan fingerprint density at radius 3 is 2.96 bits per heavy atom. The summed E-state index contributed by atoms with van der Waals surface area (Å²) < 4.78 is 0. The average molecular weight is 307 g/mol. The minimum absolute atomic E-state index is 0.264. The first-order valence-electron chi connectivity index (χ1n) is 7.63. The van der Waals surface area contributed by atoms with Crippen LogP contribution in [-0.4, -0.2) is 22.6 Å². The van der Waals surface area contributed by atoms with Gasteiger partial charge in [0.15, 0.2) is 0 Å². The summed E-state index contributed by atoms with van der Waals surface area (Å²) in [7, 11) is 0. The number of carbonyl (C=O) groups excluding carboxylic acids is 1. The van der Waals surface area contributed by atoms with Gasteiger partial charge in [-0.1, -0.05) is 30.3 Å². The zero-order valence-corrected chi connectivity index (χ0v) is 12.8. The van der Waals surface area contributed by atoms with E-state index in [1.807, 2.05) is 49.4 Å². The number of benzene rings is 2. The Balaban J connectivity index is 1.54. The number of aromatic nitrogens is 1. The molecule has 2 aromatic carbocycles. The minimum Gasteiger partial charge on any atom is -0.357 e. The molecule has 2 amide bonds. The van der Waals surface area contributed by atoms with E-state index in [0.717, 1.165) is 34.1 Å². The molecule has 5 heteroatoms. The summed E-state index contributed by atoms with van der Waals surface area (Å²) in [6.07, 6.45) is 0.764. The van der Waals surface area contributed by atoms with Gasteiger partial charge in [0.25, 0.3) is 0 Å². The lowest BCUT2D eigenvalue weighted by Gasteiger charge is -2.26. The maximum atomic E-state index is 12.4. The third-order valence-electron chi connectivity index (χ3n) is 4.04. The van der Waals surface area contributed by atoms with Crippen LogP contribution in [0.4, 0.5) is 10.5 Å². The second-order valence-corrected chi connectivity index (χ2v) is 5.72. The molecule has 0 aliphatic carbocycles. The molecule has 1 aliphatic rings. The van der Waals surface area contributed by atoms with Crippen molar-refractivity contribution in [1.82, 2.24) is 10.0 Å². The van der Waals surface area contributed by atoms with Crippen molar-refractivity contribution in [1.29, 1.82) is 0 Å². The third kappa shape index (κ3) is 2.50. The van der Waals surface area contributed by atoms with Gasteiger partial charge in [-0.25, -0.2) is 4.79 Å². The van der Waals surface area contributed by atoms with Gasteiger partial charge in [0, 0.05) is 22.2 Å². The number of nitrogens with zero attached hydrogens (tertiary/aromatic N) is 1. The lowest BCUT2D eigenvalue weighted by atomic mass is 10.1. The normalized spacial score (nSPS) is 13.5. The highest BCUT2D eigenvalue weighted by Gasteiger charge is 2.25. The number of carbonyl (C=O) groups is 1. The number of H-pyrrole nitrogens is 1. The molecule has 0 bridgehead atoms. The molecule has 4 rings (SSSR count). The van der Waals surface area contributed by atoms with Crippen LogP contribution in [0.3, 0.4) is 0 Å². The molecule has 2 heterocycles. The summed E-state index contributed by atoms with van der Waals surface area (Å²) in [5, 5.41) is 5.38. The summed E-state index contributed by atoms with van der Waals surface area (Å²) in [5.41, 5.74) is 4.01. The Morgan fingerprint density at radius 1 is 1.22 bits per heavy atom. The SMILES string of the molecule is Cc1cccc(NC(=O)N2CCc3c([nH]c4ccccc34)O2)c1. The number of hydrogen-bond acceptors (Lipinski definition) is 2. The van der Waals surface area contributed by atoms with Crippen LogP contribution in [0, 0.1) is 6.92 Å². The molecular formula is C18H17N3O2. The number of aryl methyl sites for hydroxylation is 1. The Kier molecular flexibility index (Phi) is 3.19. The Bertz CT molecular complexity index is 885. The smallest absolute Gasteiger partial charge is 0.355 e. The van der Waals surface area contributed by atoms with Crippen molar-refractivity contribution >= 4 is 22.6 Å². The van der Waals surface area contributed by atoms with Gasteiger partial charge in [0.1, 0.15) is 0 Å². The molecular weight excluding hydrogens is 290 g/mol. The third-order valence-corrected chi connectivity index (χ3v) is 4.04. The molecule has 0 atom stereocenters. The molecule has 1 aliphatic heterocycles. The number of anilines is 1. The lowest BCUT2D eigenvalue weighted by molar-refractivity contribution is -0.0206. The van der Waals surface area contributed by atoms with E-state index in [9.17, 15) is 4.79 Å². The van der Waals surface area contributed by atoms with E-state index in [4.69, 9.17) is 4.84 Å². The number of hydrogen-bond donors (Lipinski definition) is 2. The zero-order chi connectivity index (χ0) is 15.8. The Hall–Kier alpha value is -2.95. The fourth-order valence-corrected chi connectivity index (χ4v) is 2.92. The van der Waals surface area contributed by atoms with Gasteiger partial charge in [0.05, 0.1) is 6.54 Å². The van der Waals surface area contributed by atoms with Crippen molar-refractivity contribution < 1.29 is 9.63 Å². The van der Waals surface area contributed by atoms with Gasteiger partial charge in [-0.3, -0.25) is 0 Å². The minimum atomic E-state index is -0.264. The second-order valence-electron chi connectivity index (χ2n) is 5.72. The van der Waals surface area contributed by atoms with Crippen molar-refractivity contribution in [2.75, 3.05) is 11.9 Å². The number of para-hydroxylation sites is 1. The molecule has 0 fully saturated rings. The van der Waals surface area contributed by atoms with Crippen LogP contribution in [-0.2, 0) is 6.42 Å². The first-order chi connectivity index (χ1) is 11.2. The number of nitrogens with one attached hydrogen (secondary N) is 2. The van der Waals surface area contributed by atoms with E-state index in [2.05, 4.69) is 16.4 Å². The first-order valence-corrected chi connectivity index (χ1v) is 7.63. The van der Waals surface area contributed by atoms with Crippen LogP contribution < -0.4 is 10.2 Å². The summed E-state index contributed by atoms with van der Waals surface area (Å²) in [4.78, 5) is 21.4. The largest absolute Gasteiger partial charge is 0.357 e. The second kappa shape index (κ2) is 5.35. The van der Waals surface area contributed by atoms with Crippen LogP contribution in [0.5, 0.6) is 5.88 Å². The summed E-state index contributed by atoms with van der Waals surface area (Å²) in [6.45, 7) is 2.51. The number of rotatable bonds is 1. The fraction of sp³-hybridized carbons (Fsp3) is 0.167. The Labute approximate surface area is 133 Å². The van der Waals surface area contributed by atoms with Gasteiger partial charge in [0.2, 0.25) is 5.88 Å². The highest BCUT2D eigenvalue weighted by molar-refractivity contribution is 5.90. The number of fused-ring (bicyclic) bond motifs is 3. The highest BCUT2D eigenvalue weighted by atomic mass is 16.7. The van der Waals surface area contributed by atoms with Gasteiger partial charge < -0.3 is 15.1 Å². The predicted molar refractivity (Wildman–Crippen MR) is 89.5 cm³/mol. The number of hydroxylamine groups is 2. The maximum Gasteiger partial charge on any atom is 0.355 e. The van der Waals surface area contributed by atoms with Crippen LogP contribution in [0.1, 0.15) is 11.1 Å². The van der Waals surface area contributed by atoms with E-state index in [1.54, 1.807) is 0 Å². The number of amides is 2. The number of aromatic amines is 1. The maximum absolute atomic E-state index is 12.4. The quantitative estimate of drug-likeness (QED) is 0.717. The standard InChI is InChI=1S/C18H17N3O2/c1-12-5-4-6-13(11-12)19-18(22)21-10-9-15-14-7-2-3-8-16(14)20-17(15)23-21/h2-8,11,20H,9-10H2,1H3,(H,19,22). The zero-order valence-electron chi connectivity index (χ0n) is 12.8. The molecule has 0 saturated carbocycles. The summed E-state index contributed by atoms with van der Waals surface area (Å²) >= 11 is 0. The molecule has 5 nitrogen and oxygen atoms in total. The molecule has 0 spiro atoms. The number of urea groups is 1. The van der Waals surface area contributed by atoms with Crippen LogP contribution >= 0.6 is 0 Å². The molecule has 1 aromatic heterocycles. The fourth-order valence-electron chi connectivity index (χ4n) is 2.92. The topological polar surface area (TPSA) is 57.4 Å². The van der Waals surface area contributed by atoms with Crippen molar-refractivity contribution in [3.05, 3.63) is 59.7 Å². The van der Waals surface area contributed by atoms with Crippen LogP contribution in [0.2, 0.25) is 0 Å². The van der Waals surface area contributed by atoms with E-state index in [0.29, 0.717) is 12.4 Å². The van der Waals surface area contributed by atoms with Crippen LogP contribution in [0.25, 0.3) is 10.9 Å². The van der Waals surface area contributed by atoms with Gasteiger partial charge in [-0.15, -0.1) is 0 Å². The first kappa shape index (κ1) is 13.7. The van der Waals surface area contributed by atoms with Gasteiger partial charge in [-0.05, 0) is 37.1 Å². The van der Waals surface area contributed by atoms with Crippen molar-refractivity contribution in [3.63, 3.8) is 0 Å². The van der Waals surface area contributed by atoms with Gasteiger partial charge in [-0.2, -0.15) is 5.06 Å². The van der Waals surface area contributed by atoms with Gasteiger partial charge >= 0.3 is 6.03 Å². The van der Waals surface area contributed by atoms with Crippen molar-refractivity contribution in [3.8, 4) is 5.88 Å². The molecule has 3 aromatic rings. The summed E-state index contributed by atoms with van der Waals surface area (Å²) in [5.74, 6) is 0.650. The molecule has 2 N–H and O–H groups in total. The monoisotopic (exact) mass is 307 g/mol. The molecule has 23 heavy (non-hydrogen) atoms. The molecule has 0 saturated heterocycles. The van der Waals surface area contributed by atoms with E-state index >= 15 is 0 Å². The van der Waals surface area contributed by atoms with E-state index in [1.165, 1.54) is 5.06 Å². The predicted octanol–water partition coefficient (Wildman–Crippen LogP) is 3.86. The van der Waals surface area contributed by atoms with E-state index < -0.39 is 0 Å². The van der Waals surface area contributed by atoms with Crippen molar-refractivity contribution in [2.45, 2.75) is 13.3 Å². The van der Waals surface area contributed by atoms with Crippen molar-refractivity contribution in [2.24, 2.45) is 0 Å². The average Bonchev–Trinajstić information content (AvgIpc) is 2.92. The summed E-state index contributed by atoms with van der Waals surface area (Å²) in [6, 6.07) is 15.5. The lowest BCUT2D eigenvalue weighted by Crippen LogP contribution is -2.41. The molecule has 0 radical (unpaired) electrons. The van der Waals surface area contributed by atoms with E-state index in [-0.39, 0.29) is 6.03 Å². The highest BCUT2D eigenvalue weighted by Crippen LogP contribution is 2.32. The Morgan fingerprint density at radius 2 is 2.09 bits per heavy atom. The molecule has 0 unspecified atom stereocenters. The molecule has 116 valence electrons.